The molecule has 10 heteroatoms. The fourth-order valence-electron chi connectivity index (χ4n) is 3.51. The number of hydrogen-bond acceptors (Lipinski definition) is 6. The minimum atomic E-state index is -3.91. The highest BCUT2D eigenvalue weighted by Crippen LogP contribution is 2.37. The maximum atomic E-state index is 14.6. The van der Waals surface area contributed by atoms with Crippen molar-refractivity contribution in [1.29, 1.82) is 0 Å². The van der Waals surface area contributed by atoms with Gasteiger partial charge in [-0.25, -0.2) is 17.8 Å². The van der Waals surface area contributed by atoms with Crippen molar-refractivity contribution in [2.24, 2.45) is 7.05 Å². The van der Waals surface area contributed by atoms with E-state index in [1.807, 2.05) is 17.8 Å². The summed E-state index contributed by atoms with van der Waals surface area (Å²) in [5.74, 6) is -0.535. The van der Waals surface area contributed by atoms with E-state index in [1.54, 1.807) is 11.6 Å². The molecule has 1 aliphatic rings. The molecule has 2 atom stereocenters. The molecule has 1 saturated carbocycles. The van der Waals surface area contributed by atoms with Gasteiger partial charge in [-0.2, -0.15) is 5.10 Å². The molecule has 2 aromatic heterocycles. The minimum absolute atomic E-state index is 0.0484. The molecule has 0 bridgehead atoms. The van der Waals surface area contributed by atoms with E-state index in [1.165, 1.54) is 18.3 Å². The number of aryl methyl sites for hydroxylation is 1. The van der Waals surface area contributed by atoms with E-state index < -0.39 is 15.8 Å². The number of rotatable bonds is 6. The number of ether oxygens (including phenoxy) is 1. The molecule has 0 unspecified atom stereocenters. The summed E-state index contributed by atoms with van der Waals surface area (Å²) in [6.07, 6.45) is 5.77. The van der Waals surface area contributed by atoms with Crippen LogP contribution in [0.1, 0.15) is 30.9 Å². The molecule has 0 spiro atoms. The maximum Gasteiger partial charge on any atom is 0.263 e. The van der Waals surface area contributed by atoms with Gasteiger partial charge in [0.25, 0.3) is 10.0 Å². The molecular weight excluding hydrogens is 403 g/mol. The largest absolute Gasteiger partial charge is 0.487 e. The van der Waals surface area contributed by atoms with Crippen molar-refractivity contribution in [2.45, 2.75) is 36.2 Å². The molecule has 148 valence electrons. The summed E-state index contributed by atoms with van der Waals surface area (Å²) in [7, 11) is -2.04. The Balaban J connectivity index is 1.53. The molecule has 4 rings (SSSR count). The number of hydrogen-bond donors (Lipinski definition) is 1. The highest BCUT2D eigenvalue weighted by molar-refractivity contribution is 7.93. The van der Waals surface area contributed by atoms with E-state index in [9.17, 15) is 12.8 Å². The number of sulfonamides is 1. The van der Waals surface area contributed by atoms with E-state index in [4.69, 9.17) is 4.74 Å². The van der Waals surface area contributed by atoms with Crippen LogP contribution in [0.3, 0.4) is 0 Å². The van der Waals surface area contributed by atoms with Gasteiger partial charge in [0, 0.05) is 36.4 Å². The first kappa shape index (κ1) is 18.9. The summed E-state index contributed by atoms with van der Waals surface area (Å²) >= 11 is 1.15. The Labute approximate surface area is 166 Å². The number of nitrogens with one attached hydrogen (secondary N) is 1. The summed E-state index contributed by atoms with van der Waals surface area (Å²) in [5.41, 5.74) is 1.05. The van der Waals surface area contributed by atoms with Gasteiger partial charge in [-0.15, -0.1) is 11.3 Å². The summed E-state index contributed by atoms with van der Waals surface area (Å²) in [4.78, 5) is 3.70. The number of aromatic nitrogens is 3. The third kappa shape index (κ3) is 3.74. The predicted octanol–water partition coefficient (Wildman–Crippen LogP) is 3.53. The lowest BCUT2D eigenvalue weighted by Gasteiger charge is -2.22. The molecule has 0 radical (unpaired) electrons. The highest BCUT2D eigenvalue weighted by atomic mass is 32.2. The lowest BCUT2D eigenvalue weighted by atomic mass is 10.0. The molecule has 1 aliphatic carbocycles. The average molecular weight is 423 g/mol. The Bertz CT molecular complexity index is 1070. The lowest BCUT2D eigenvalue weighted by molar-refractivity contribution is 0.179. The van der Waals surface area contributed by atoms with Crippen LogP contribution in [0.5, 0.6) is 5.75 Å². The van der Waals surface area contributed by atoms with Gasteiger partial charge in [-0.05, 0) is 43.5 Å². The third-order valence-electron chi connectivity index (χ3n) is 4.84. The zero-order valence-electron chi connectivity index (χ0n) is 15.1. The number of halogens is 1. The van der Waals surface area contributed by atoms with Crippen LogP contribution < -0.4 is 9.46 Å². The first-order chi connectivity index (χ1) is 13.4. The minimum Gasteiger partial charge on any atom is -0.487 e. The first-order valence-corrected chi connectivity index (χ1v) is 11.2. The molecule has 3 aromatic rings. The predicted molar refractivity (Wildman–Crippen MR) is 104 cm³/mol. The van der Waals surface area contributed by atoms with Gasteiger partial charge in [-0.3, -0.25) is 9.40 Å². The zero-order valence-corrected chi connectivity index (χ0v) is 16.7. The van der Waals surface area contributed by atoms with Gasteiger partial charge in [0.05, 0.1) is 4.90 Å². The molecule has 1 N–H and O–H groups in total. The van der Waals surface area contributed by atoms with Crippen LogP contribution in [-0.4, -0.2) is 29.3 Å². The smallest absolute Gasteiger partial charge is 0.263 e. The molecule has 28 heavy (non-hydrogen) atoms. The van der Waals surface area contributed by atoms with E-state index >= 15 is 0 Å². The zero-order chi connectivity index (χ0) is 19.7. The van der Waals surface area contributed by atoms with Crippen LogP contribution in [0.15, 0.2) is 46.9 Å². The summed E-state index contributed by atoms with van der Waals surface area (Å²) in [6, 6.07) is 5.62. The highest BCUT2D eigenvalue weighted by Gasteiger charge is 2.33. The fraction of sp³-hybridized carbons (Fsp3) is 0.333. The monoisotopic (exact) mass is 422 g/mol. The standard InChI is InChI=1S/C18H19FN4O3S2/c1-23-15(7-8-21-23)13-3-2-4-16(13)26-17-6-5-12(11-14(17)19)28(24,25)22-18-20-9-10-27-18/h5-11,13,16H,2-4H2,1H3,(H,20,22)/t13-,16+/m1/s1. The molecule has 7 nitrogen and oxygen atoms in total. The second-order valence-electron chi connectivity index (χ2n) is 6.61. The molecule has 1 aromatic carbocycles. The van der Waals surface area contributed by atoms with Gasteiger partial charge in [0.2, 0.25) is 0 Å². The van der Waals surface area contributed by atoms with Gasteiger partial charge >= 0.3 is 0 Å². The third-order valence-corrected chi connectivity index (χ3v) is 6.99. The van der Waals surface area contributed by atoms with Crippen molar-refractivity contribution >= 4 is 26.5 Å². The average Bonchev–Trinajstić information content (AvgIpc) is 3.39. The quantitative estimate of drug-likeness (QED) is 0.657. The van der Waals surface area contributed by atoms with E-state index in [0.29, 0.717) is 0 Å². The van der Waals surface area contributed by atoms with Crippen LogP contribution in [-0.2, 0) is 17.1 Å². The van der Waals surface area contributed by atoms with E-state index in [2.05, 4.69) is 14.8 Å². The molecule has 0 amide bonds. The van der Waals surface area contributed by atoms with Gasteiger partial charge in [0.1, 0.15) is 6.10 Å². The Morgan fingerprint density at radius 1 is 1.29 bits per heavy atom. The second kappa shape index (κ2) is 7.51. The molecular formula is C18H19FN4O3S2. The van der Waals surface area contributed by atoms with Crippen LogP contribution >= 0.6 is 11.3 Å². The molecule has 0 aliphatic heterocycles. The summed E-state index contributed by atoms with van der Waals surface area (Å²) in [6.45, 7) is 0. The normalized spacial score (nSPS) is 19.6. The Kier molecular flexibility index (Phi) is 5.07. The van der Waals surface area contributed by atoms with E-state index in [-0.39, 0.29) is 27.8 Å². The lowest BCUT2D eigenvalue weighted by Crippen LogP contribution is -2.22. The number of anilines is 1. The summed E-state index contributed by atoms with van der Waals surface area (Å²) in [5, 5.41) is 6.07. The van der Waals surface area contributed by atoms with Gasteiger partial charge in [-0.1, -0.05) is 0 Å². The van der Waals surface area contributed by atoms with Crippen molar-refractivity contribution in [3.05, 3.63) is 53.6 Å². The van der Waals surface area contributed by atoms with Crippen molar-refractivity contribution in [3.8, 4) is 5.75 Å². The Hall–Kier alpha value is -2.46. The number of nitrogens with zero attached hydrogens (tertiary/aromatic N) is 3. The number of thiazole rings is 1. The van der Waals surface area contributed by atoms with Crippen molar-refractivity contribution in [2.75, 3.05) is 4.72 Å². The van der Waals surface area contributed by atoms with Crippen LogP contribution in [0, 0.1) is 5.82 Å². The van der Waals surface area contributed by atoms with Crippen molar-refractivity contribution in [3.63, 3.8) is 0 Å². The Morgan fingerprint density at radius 3 is 2.82 bits per heavy atom. The first-order valence-electron chi connectivity index (χ1n) is 8.80. The van der Waals surface area contributed by atoms with E-state index in [0.717, 1.165) is 42.4 Å². The van der Waals surface area contributed by atoms with Crippen LogP contribution in [0.4, 0.5) is 9.52 Å². The number of benzene rings is 1. The molecule has 0 saturated heterocycles. The van der Waals surface area contributed by atoms with Crippen LogP contribution in [0.25, 0.3) is 0 Å². The maximum absolute atomic E-state index is 14.6. The molecule has 2 heterocycles. The van der Waals surface area contributed by atoms with Gasteiger partial charge < -0.3 is 4.74 Å². The summed E-state index contributed by atoms with van der Waals surface area (Å²) < 4.78 is 49.5. The van der Waals surface area contributed by atoms with Crippen LogP contribution in [0.2, 0.25) is 0 Å². The van der Waals surface area contributed by atoms with Crippen molar-refractivity contribution in [1.82, 2.24) is 14.8 Å². The SMILES string of the molecule is Cn1nccc1[C@H]1CCC[C@@H]1Oc1ccc(S(=O)(=O)Nc2nccs2)cc1F. The van der Waals surface area contributed by atoms with Crippen molar-refractivity contribution < 1.29 is 17.5 Å². The Morgan fingerprint density at radius 2 is 2.14 bits per heavy atom. The van der Waals surface area contributed by atoms with Gasteiger partial charge in [0.15, 0.2) is 16.7 Å². The fourth-order valence-corrected chi connectivity index (χ4v) is 5.31. The topological polar surface area (TPSA) is 86.1 Å². The second-order valence-corrected chi connectivity index (χ2v) is 9.19. The molecule has 1 fully saturated rings.